The summed E-state index contributed by atoms with van der Waals surface area (Å²) in [5, 5.41) is 35.1. The van der Waals surface area contributed by atoms with Crippen LogP contribution in [0.1, 0.15) is 6.99 Å². The van der Waals surface area contributed by atoms with E-state index in [0.29, 0.717) is 5.56 Å². The predicted octanol–water partition coefficient (Wildman–Crippen LogP) is -4.57. The molecule has 11 heteroatoms. The molecule has 0 bridgehead atoms. The molecule has 26 heavy (non-hydrogen) atoms. The summed E-state index contributed by atoms with van der Waals surface area (Å²) in [6.07, 6.45) is -1.22. The van der Waals surface area contributed by atoms with Crippen molar-refractivity contribution in [3.05, 3.63) is 35.9 Å². The predicted molar refractivity (Wildman–Crippen MR) is 80.6 cm³/mol. The molecule has 1 aromatic carbocycles. The van der Waals surface area contributed by atoms with Crippen LogP contribution >= 0.6 is 0 Å². The van der Waals surface area contributed by atoms with E-state index in [9.17, 15) is 14.4 Å². The molecule has 0 saturated heterocycles. The Kier molecular flexibility index (Phi) is 11.7. The molecule has 0 fully saturated rings. The maximum atomic E-state index is 11.3. The molecule has 138 valence electrons. The topological polar surface area (TPSA) is 160 Å². The Bertz CT molecular complexity index is 634. The molecule has 2 unspecified atom stereocenters. The average molecular weight is 380 g/mol. The Morgan fingerprint density at radius 3 is 2.04 bits per heavy atom. The molecule has 0 radical (unpaired) electrons. The van der Waals surface area contributed by atoms with E-state index in [1.807, 2.05) is 0 Å². The van der Waals surface area contributed by atoms with Crippen LogP contribution in [-0.4, -0.2) is 63.8 Å². The molecule has 0 aliphatic rings. The summed E-state index contributed by atoms with van der Waals surface area (Å²) in [5.74, 6) is -3.26. The first-order chi connectivity index (χ1) is 11.9. The molecule has 0 amide bonds. The smallest absolute Gasteiger partial charge is 1.00 e. The number of aliphatic hydroxyl groups is 4. The molecule has 2 atom stereocenters. The third-order valence-corrected chi connectivity index (χ3v) is 2.61. The molecule has 0 spiro atoms. The summed E-state index contributed by atoms with van der Waals surface area (Å²) in [5.41, 5.74) is 0.501. The normalized spacial score (nSPS) is 12.6. The average Bonchev–Trinajstić information content (AvgIpc) is 2.63. The van der Waals surface area contributed by atoms with Gasteiger partial charge < -0.3 is 26.6 Å². The fraction of sp³-hybridized carbons (Fsp3) is 0.267. The minimum atomic E-state index is -1.81. The first-order valence-electron chi connectivity index (χ1n) is 6.87. The van der Waals surface area contributed by atoms with Gasteiger partial charge in [-0.15, -0.1) is 0 Å². The number of ether oxygens (including phenoxy) is 1. The van der Waals surface area contributed by atoms with Crippen molar-refractivity contribution in [2.24, 2.45) is 0 Å². The summed E-state index contributed by atoms with van der Waals surface area (Å²) in [6.45, 7) is -1.64. The van der Waals surface area contributed by atoms with Crippen LogP contribution in [0.5, 0.6) is 5.75 Å². The number of carbonyl (C=O) groups excluding carboxylic acids is 3. The van der Waals surface area contributed by atoms with E-state index in [-0.39, 0.29) is 36.7 Å². The second-order valence-electron chi connectivity index (χ2n) is 4.52. The van der Waals surface area contributed by atoms with Crippen LogP contribution in [0.4, 0.5) is 0 Å². The van der Waals surface area contributed by atoms with Gasteiger partial charge in [-0.3, -0.25) is 0 Å². The number of rotatable bonds is 7. The maximum Gasteiger partial charge on any atom is 1.00 e. The van der Waals surface area contributed by atoms with Gasteiger partial charge in [0.05, 0.1) is 13.2 Å². The molecular weight excluding hydrogens is 363 g/mol. The van der Waals surface area contributed by atoms with E-state index in [1.54, 1.807) is 0 Å². The number of hydrogen-bond acceptors (Lipinski definition) is 10. The number of hydrogen-bond donors (Lipinski definition) is 4. The third-order valence-electron chi connectivity index (χ3n) is 2.61. The Labute approximate surface area is 171 Å². The van der Waals surface area contributed by atoms with Crippen molar-refractivity contribution in [1.82, 2.24) is 0 Å². The van der Waals surface area contributed by atoms with Gasteiger partial charge in [0.1, 0.15) is 5.75 Å². The van der Waals surface area contributed by atoms with Crippen molar-refractivity contribution in [3.63, 3.8) is 0 Å². The van der Waals surface area contributed by atoms with Gasteiger partial charge in [0.2, 0.25) is 0 Å². The van der Waals surface area contributed by atoms with Gasteiger partial charge in [-0.05, 0) is 23.8 Å². The van der Waals surface area contributed by atoms with E-state index in [1.165, 1.54) is 30.3 Å². The Morgan fingerprint density at radius 1 is 0.962 bits per heavy atom. The quantitative estimate of drug-likeness (QED) is 0.0905. The van der Waals surface area contributed by atoms with Gasteiger partial charge in [0.25, 0.3) is 0 Å². The zero-order valence-corrected chi connectivity index (χ0v) is 15.8. The Morgan fingerprint density at radius 2 is 1.50 bits per heavy atom. The first-order valence-corrected chi connectivity index (χ1v) is 6.87. The van der Waals surface area contributed by atoms with Crippen molar-refractivity contribution < 1.29 is 80.3 Å². The summed E-state index contributed by atoms with van der Waals surface area (Å²) >= 11 is 0. The molecular formula is C15H17NaO10. The van der Waals surface area contributed by atoms with Crippen LogP contribution in [0.15, 0.2) is 30.3 Å². The number of esters is 1. The molecule has 0 aromatic heterocycles. The van der Waals surface area contributed by atoms with E-state index in [4.69, 9.17) is 25.2 Å². The van der Waals surface area contributed by atoms with E-state index in [2.05, 4.69) is 9.78 Å². The molecule has 0 aliphatic heterocycles. The van der Waals surface area contributed by atoms with Gasteiger partial charge in [0.15, 0.2) is 12.2 Å². The SMILES string of the molecule is O=C(C=Cc1ccc(OC(=O)C(O)CO)cc1)OOC(=O)C(O)CO.[H-].[Na+]. The van der Waals surface area contributed by atoms with Crippen LogP contribution in [0.25, 0.3) is 6.08 Å². The number of carbonyl (C=O) groups is 3. The molecule has 1 rings (SSSR count). The van der Waals surface area contributed by atoms with Crippen molar-refractivity contribution in [2.45, 2.75) is 12.2 Å². The number of aliphatic hydroxyl groups excluding tert-OH is 4. The molecule has 0 aliphatic carbocycles. The van der Waals surface area contributed by atoms with E-state index in [0.717, 1.165) is 6.08 Å². The standard InChI is InChI=1S/C15H16O10.Na.H/c16-7-11(18)14(21)23-10-4-1-9(2-5-10)3-6-13(20)24-25-15(22)12(19)8-17;;/h1-6,11-12,16-19H,7-8H2;;/q;+1;-1. The zero-order chi connectivity index (χ0) is 18.8. The fourth-order valence-electron chi connectivity index (χ4n) is 1.31. The largest absolute Gasteiger partial charge is 1.00 e. The fourth-order valence-corrected chi connectivity index (χ4v) is 1.31. The first kappa shape index (κ1) is 24.2. The monoisotopic (exact) mass is 380 g/mol. The maximum absolute atomic E-state index is 11.3. The summed E-state index contributed by atoms with van der Waals surface area (Å²) in [4.78, 5) is 41.6. The second kappa shape index (κ2) is 12.5. The van der Waals surface area contributed by atoms with Gasteiger partial charge in [-0.2, -0.15) is 0 Å². The van der Waals surface area contributed by atoms with Gasteiger partial charge in [-0.1, -0.05) is 12.1 Å². The minimum Gasteiger partial charge on any atom is -1.00 e. The molecule has 10 nitrogen and oxygen atoms in total. The van der Waals surface area contributed by atoms with Crippen LogP contribution < -0.4 is 34.3 Å². The number of benzene rings is 1. The summed E-state index contributed by atoms with van der Waals surface area (Å²) in [7, 11) is 0. The summed E-state index contributed by atoms with van der Waals surface area (Å²) in [6, 6.07) is 5.70. The van der Waals surface area contributed by atoms with Gasteiger partial charge in [-0.25, -0.2) is 24.2 Å². The third kappa shape index (κ3) is 8.54. The zero-order valence-electron chi connectivity index (χ0n) is 14.8. The van der Waals surface area contributed by atoms with Crippen LogP contribution in [0.2, 0.25) is 0 Å². The van der Waals surface area contributed by atoms with Crippen molar-refractivity contribution in [3.8, 4) is 5.75 Å². The minimum absolute atomic E-state index is 0. The van der Waals surface area contributed by atoms with Gasteiger partial charge in [0, 0.05) is 6.08 Å². The van der Waals surface area contributed by atoms with Crippen LogP contribution in [-0.2, 0) is 24.2 Å². The van der Waals surface area contributed by atoms with Crippen molar-refractivity contribution >= 4 is 24.0 Å². The van der Waals surface area contributed by atoms with Crippen molar-refractivity contribution in [1.29, 1.82) is 0 Å². The Balaban J connectivity index is 0. The molecule has 0 heterocycles. The van der Waals surface area contributed by atoms with Crippen molar-refractivity contribution in [2.75, 3.05) is 13.2 Å². The Hall–Kier alpha value is -1.79. The summed E-state index contributed by atoms with van der Waals surface area (Å²) < 4.78 is 4.78. The van der Waals surface area contributed by atoms with Gasteiger partial charge >= 0.3 is 47.5 Å². The van der Waals surface area contributed by atoms with E-state index < -0.39 is 43.3 Å². The molecule has 4 N–H and O–H groups in total. The van der Waals surface area contributed by atoms with E-state index >= 15 is 0 Å². The van der Waals surface area contributed by atoms with Crippen LogP contribution in [0.3, 0.4) is 0 Å². The van der Waals surface area contributed by atoms with Crippen LogP contribution in [0, 0.1) is 0 Å². The second-order valence-corrected chi connectivity index (χ2v) is 4.52. The molecule has 1 aromatic rings. The molecule has 0 saturated carbocycles.